The molecule has 2 nitrogen and oxygen atoms in total. The second-order valence-electron chi connectivity index (χ2n) is 5.25. The van der Waals surface area contributed by atoms with Crippen LogP contribution in [0.5, 0.6) is 0 Å². The molecular weight excluding hydrogens is 372 g/mol. The van der Waals surface area contributed by atoms with Crippen molar-refractivity contribution >= 4 is 27.5 Å². The number of pyridine rings is 1. The van der Waals surface area contributed by atoms with Crippen LogP contribution < -0.4 is 5.32 Å². The largest absolute Gasteiger partial charge is 0.301 e. The monoisotopic (exact) mass is 386 g/mol. The van der Waals surface area contributed by atoms with Gasteiger partial charge in [-0.3, -0.25) is 4.98 Å². The number of nitrogens with one attached hydrogen (secondary N) is 1. The summed E-state index contributed by atoms with van der Waals surface area (Å²) < 4.78 is 1.08. The van der Waals surface area contributed by atoms with Gasteiger partial charge < -0.3 is 5.32 Å². The average molecular weight is 388 g/mol. The van der Waals surface area contributed by atoms with E-state index in [0.717, 1.165) is 27.3 Å². The highest BCUT2D eigenvalue weighted by atomic mass is 79.9. The average Bonchev–Trinajstić information content (AvgIpc) is 2.58. The molecule has 3 aromatic rings. The zero-order valence-corrected chi connectivity index (χ0v) is 14.8. The summed E-state index contributed by atoms with van der Waals surface area (Å²) in [5, 5.41) is 4.31. The van der Waals surface area contributed by atoms with Crippen LogP contribution in [0.2, 0.25) is 5.02 Å². The summed E-state index contributed by atoms with van der Waals surface area (Å²) in [4.78, 5) is 4.50. The Bertz CT molecular complexity index is 760. The number of hydrogen-bond acceptors (Lipinski definition) is 2. The maximum atomic E-state index is 6.16. The Morgan fingerprint density at radius 3 is 2.52 bits per heavy atom. The molecule has 0 bridgehead atoms. The molecule has 1 unspecified atom stereocenters. The second kappa shape index (κ2) is 7.73. The van der Waals surface area contributed by atoms with Crippen LogP contribution in [0.25, 0.3) is 0 Å². The normalized spacial score (nSPS) is 12.1. The van der Waals surface area contributed by atoms with Crippen molar-refractivity contribution < 1.29 is 0 Å². The van der Waals surface area contributed by atoms with Crippen LogP contribution in [0.1, 0.15) is 22.9 Å². The fourth-order valence-corrected chi connectivity index (χ4v) is 2.91. The lowest BCUT2D eigenvalue weighted by Gasteiger charge is -2.19. The third-order valence-electron chi connectivity index (χ3n) is 3.59. The molecule has 0 aliphatic rings. The molecule has 1 heterocycles. The minimum atomic E-state index is -0.00135. The van der Waals surface area contributed by atoms with E-state index >= 15 is 0 Å². The summed E-state index contributed by atoms with van der Waals surface area (Å²) in [7, 11) is 0. The van der Waals surface area contributed by atoms with Gasteiger partial charge in [-0.15, -0.1) is 0 Å². The summed E-state index contributed by atoms with van der Waals surface area (Å²) in [6.07, 6.45) is 1.81. The maximum absolute atomic E-state index is 6.16. The number of halogens is 2. The van der Waals surface area contributed by atoms with Gasteiger partial charge in [0.25, 0.3) is 0 Å². The van der Waals surface area contributed by atoms with Gasteiger partial charge >= 0.3 is 0 Å². The van der Waals surface area contributed by atoms with Gasteiger partial charge in [-0.2, -0.15) is 0 Å². The predicted molar refractivity (Wildman–Crippen MR) is 98.5 cm³/mol. The van der Waals surface area contributed by atoms with E-state index in [4.69, 9.17) is 11.6 Å². The molecule has 0 fully saturated rings. The van der Waals surface area contributed by atoms with E-state index in [9.17, 15) is 0 Å². The van der Waals surface area contributed by atoms with E-state index in [1.54, 1.807) is 0 Å². The molecule has 0 aliphatic heterocycles. The lowest BCUT2D eigenvalue weighted by Crippen LogP contribution is -2.23. The van der Waals surface area contributed by atoms with Crippen molar-refractivity contribution in [2.75, 3.05) is 0 Å². The van der Waals surface area contributed by atoms with Gasteiger partial charge in [0, 0.05) is 22.2 Å². The van der Waals surface area contributed by atoms with Crippen molar-refractivity contribution in [2.24, 2.45) is 0 Å². The van der Waals surface area contributed by atoms with Gasteiger partial charge in [0.2, 0.25) is 0 Å². The summed E-state index contributed by atoms with van der Waals surface area (Å²) >= 11 is 9.62. The fraction of sp³-hybridized carbons (Fsp3) is 0.105. The van der Waals surface area contributed by atoms with Crippen LogP contribution in [-0.4, -0.2) is 4.98 Å². The number of benzene rings is 2. The van der Waals surface area contributed by atoms with Crippen LogP contribution in [-0.2, 0) is 6.54 Å². The van der Waals surface area contributed by atoms with Gasteiger partial charge in [0.05, 0.1) is 11.7 Å². The highest BCUT2D eigenvalue weighted by Gasteiger charge is 2.15. The molecule has 1 aromatic heterocycles. The van der Waals surface area contributed by atoms with Crippen LogP contribution in [0, 0.1) is 0 Å². The van der Waals surface area contributed by atoms with E-state index in [-0.39, 0.29) is 6.04 Å². The molecule has 23 heavy (non-hydrogen) atoms. The second-order valence-corrected chi connectivity index (χ2v) is 6.60. The Morgan fingerprint density at radius 2 is 1.83 bits per heavy atom. The molecule has 0 radical (unpaired) electrons. The van der Waals surface area contributed by atoms with E-state index in [2.05, 4.69) is 44.4 Å². The van der Waals surface area contributed by atoms with Crippen molar-refractivity contribution in [3.8, 4) is 0 Å². The molecule has 0 aliphatic carbocycles. The van der Waals surface area contributed by atoms with E-state index in [1.165, 1.54) is 5.56 Å². The first kappa shape index (κ1) is 16.2. The zero-order valence-electron chi connectivity index (χ0n) is 12.4. The first-order chi connectivity index (χ1) is 11.2. The predicted octanol–water partition coefficient (Wildman–Crippen LogP) is 5.38. The molecule has 1 atom stereocenters. The third kappa shape index (κ3) is 4.41. The van der Waals surface area contributed by atoms with Crippen LogP contribution >= 0.6 is 27.5 Å². The van der Waals surface area contributed by atoms with Gasteiger partial charge in [-0.05, 0) is 47.5 Å². The molecule has 116 valence electrons. The number of rotatable bonds is 5. The number of nitrogens with zero attached hydrogens (tertiary/aromatic N) is 1. The van der Waals surface area contributed by atoms with Gasteiger partial charge in [-0.25, -0.2) is 0 Å². The van der Waals surface area contributed by atoms with Gasteiger partial charge in [-0.1, -0.05) is 57.9 Å². The fourth-order valence-electron chi connectivity index (χ4n) is 2.45. The maximum Gasteiger partial charge on any atom is 0.0754 e. The van der Waals surface area contributed by atoms with Crippen LogP contribution in [0.3, 0.4) is 0 Å². The molecule has 0 saturated carbocycles. The Balaban J connectivity index is 1.85. The Kier molecular flexibility index (Phi) is 5.44. The smallest absolute Gasteiger partial charge is 0.0754 e. The molecule has 4 heteroatoms. The lowest BCUT2D eigenvalue weighted by molar-refractivity contribution is 0.592. The molecule has 2 aromatic carbocycles. The van der Waals surface area contributed by atoms with E-state index < -0.39 is 0 Å². The van der Waals surface area contributed by atoms with Gasteiger partial charge in [0.15, 0.2) is 0 Å². The number of hydrogen-bond donors (Lipinski definition) is 1. The van der Waals surface area contributed by atoms with Crippen molar-refractivity contribution in [1.82, 2.24) is 10.3 Å². The Morgan fingerprint density at radius 1 is 1.00 bits per heavy atom. The standard InChI is InChI=1S/C19H16BrClN2/c20-16-9-7-14(8-10-16)13-23-19(18-6-1-2-11-22-18)15-4-3-5-17(21)12-15/h1-12,19,23H,13H2. The minimum Gasteiger partial charge on any atom is -0.301 e. The summed E-state index contributed by atoms with van der Waals surface area (Å²) in [5.74, 6) is 0. The molecule has 3 rings (SSSR count). The Labute approximate surface area is 149 Å². The highest BCUT2D eigenvalue weighted by Crippen LogP contribution is 2.23. The molecule has 1 N–H and O–H groups in total. The van der Waals surface area contributed by atoms with Crippen molar-refractivity contribution in [1.29, 1.82) is 0 Å². The molecule has 0 amide bonds. The SMILES string of the molecule is Clc1cccc(C(NCc2ccc(Br)cc2)c2ccccn2)c1. The summed E-state index contributed by atoms with van der Waals surface area (Å²) in [6, 6.07) is 22.2. The summed E-state index contributed by atoms with van der Waals surface area (Å²) in [6.45, 7) is 0.751. The molecule has 0 spiro atoms. The van der Waals surface area contributed by atoms with Crippen molar-refractivity contribution in [3.05, 3.63) is 99.2 Å². The van der Waals surface area contributed by atoms with E-state index in [1.807, 2.05) is 54.7 Å². The molecular formula is C19H16BrClN2. The zero-order chi connectivity index (χ0) is 16.1. The molecule has 0 saturated heterocycles. The highest BCUT2D eigenvalue weighted by molar-refractivity contribution is 9.10. The number of aromatic nitrogens is 1. The first-order valence-electron chi connectivity index (χ1n) is 7.36. The minimum absolute atomic E-state index is 0.00135. The van der Waals surface area contributed by atoms with E-state index in [0.29, 0.717) is 0 Å². The third-order valence-corrected chi connectivity index (χ3v) is 4.35. The quantitative estimate of drug-likeness (QED) is 0.636. The topological polar surface area (TPSA) is 24.9 Å². The Hall–Kier alpha value is -1.68. The lowest BCUT2D eigenvalue weighted by atomic mass is 10.0. The van der Waals surface area contributed by atoms with Crippen molar-refractivity contribution in [2.45, 2.75) is 12.6 Å². The van der Waals surface area contributed by atoms with Gasteiger partial charge in [0.1, 0.15) is 0 Å². The van der Waals surface area contributed by atoms with Crippen LogP contribution in [0.15, 0.2) is 77.4 Å². The van der Waals surface area contributed by atoms with Crippen LogP contribution in [0.4, 0.5) is 0 Å². The van der Waals surface area contributed by atoms with Crippen molar-refractivity contribution in [3.63, 3.8) is 0 Å². The first-order valence-corrected chi connectivity index (χ1v) is 8.54. The summed E-state index contributed by atoms with van der Waals surface area (Å²) in [5.41, 5.74) is 3.30.